The number of fused-ring (bicyclic) bond motifs is 2. The summed E-state index contributed by atoms with van der Waals surface area (Å²) in [4.78, 5) is 43.2. The van der Waals surface area contributed by atoms with E-state index in [1.807, 2.05) is 0 Å². The van der Waals surface area contributed by atoms with Gasteiger partial charge in [0.05, 0.1) is 10.9 Å². The number of rotatable bonds is 3. The van der Waals surface area contributed by atoms with Crippen molar-refractivity contribution in [2.24, 2.45) is 0 Å². The fraction of sp³-hybridized carbons (Fsp3) is 0. The highest BCUT2D eigenvalue weighted by Gasteiger charge is 2.19. The van der Waals surface area contributed by atoms with Gasteiger partial charge in [0.1, 0.15) is 17.0 Å². The van der Waals surface area contributed by atoms with Crippen molar-refractivity contribution in [2.75, 3.05) is 5.43 Å². The summed E-state index contributed by atoms with van der Waals surface area (Å²) < 4.78 is 20.4. The van der Waals surface area contributed by atoms with E-state index in [1.54, 1.807) is 42.5 Å². The lowest BCUT2D eigenvalue weighted by Crippen LogP contribution is -2.36. The summed E-state index contributed by atoms with van der Waals surface area (Å²) in [6.07, 6.45) is 0. The molecule has 0 fully saturated rings. The molecule has 0 aliphatic heterocycles. The molecule has 0 aliphatic rings. The van der Waals surface area contributed by atoms with Crippen molar-refractivity contribution in [1.29, 1.82) is 0 Å². The predicted molar refractivity (Wildman–Crippen MR) is 125 cm³/mol. The third-order valence-corrected chi connectivity index (χ3v) is 5.52. The van der Waals surface area contributed by atoms with E-state index < -0.39 is 22.9 Å². The topological polar surface area (TPSA) is 94.2 Å². The molecule has 0 atom stereocenters. The zero-order chi connectivity index (χ0) is 23.1. The Hall–Kier alpha value is -4.11. The van der Waals surface area contributed by atoms with Gasteiger partial charge in [0.15, 0.2) is 5.82 Å². The summed E-state index contributed by atoms with van der Waals surface area (Å²) >= 11 is 3.34. The van der Waals surface area contributed by atoms with Crippen molar-refractivity contribution < 1.29 is 13.6 Å². The van der Waals surface area contributed by atoms with Crippen LogP contribution in [0.1, 0.15) is 10.4 Å². The Kier molecular flexibility index (Phi) is 5.10. The van der Waals surface area contributed by atoms with E-state index >= 15 is 0 Å². The highest BCUT2D eigenvalue weighted by Crippen LogP contribution is 2.21. The summed E-state index contributed by atoms with van der Waals surface area (Å²) in [5.74, 6) is -1.23. The molecule has 0 bridgehead atoms. The van der Waals surface area contributed by atoms with E-state index in [9.17, 15) is 18.8 Å². The van der Waals surface area contributed by atoms with Crippen LogP contribution < -0.4 is 16.6 Å². The van der Waals surface area contributed by atoms with Crippen molar-refractivity contribution >= 4 is 43.7 Å². The van der Waals surface area contributed by atoms with Gasteiger partial charge in [-0.1, -0.05) is 28.1 Å². The minimum atomic E-state index is -0.854. The Morgan fingerprint density at radius 2 is 1.76 bits per heavy atom. The molecule has 1 amide bonds. The van der Waals surface area contributed by atoms with Crippen LogP contribution in [0.25, 0.3) is 33.3 Å². The molecule has 0 aliphatic carbocycles. The van der Waals surface area contributed by atoms with E-state index in [4.69, 9.17) is 4.42 Å². The summed E-state index contributed by atoms with van der Waals surface area (Å²) in [7, 11) is 0. The Bertz CT molecular complexity index is 1680. The molecule has 0 radical (unpaired) electrons. The minimum Gasteiger partial charge on any atom is -0.422 e. The molecule has 0 unspecified atom stereocenters. The van der Waals surface area contributed by atoms with Crippen LogP contribution >= 0.6 is 15.9 Å². The number of carbonyl (C=O) groups is 1. The first-order chi connectivity index (χ1) is 15.9. The number of carbonyl (C=O) groups excluding carboxylic acids is 1. The van der Waals surface area contributed by atoms with Gasteiger partial charge < -0.3 is 4.42 Å². The van der Waals surface area contributed by atoms with Crippen molar-refractivity contribution in [3.63, 3.8) is 0 Å². The third kappa shape index (κ3) is 3.83. The van der Waals surface area contributed by atoms with Gasteiger partial charge in [-0.3, -0.25) is 15.0 Å². The Morgan fingerprint density at radius 1 is 1.00 bits per heavy atom. The number of hydrogen-bond acceptors (Lipinski definition) is 5. The number of hydrogen-bond donors (Lipinski definition) is 1. The van der Waals surface area contributed by atoms with Gasteiger partial charge >= 0.3 is 5.63 Å². The molecular formula is C24H13BrFN3O4. The normalized spacial score (nSPS) is 11.1. The molecule has 9 heteroatoms. The minimum absolute atomic E-state index is 0.0833. The van der Waals surface area contributed by atoms with Crippen molar-refractivity contribution in [3.8, 4) is 11.4 Å². The number of amides is 1. The average Bonchev–Trinajstić information content (AvgIpc) is 2.81. The number of para-hydroxylation sites is 1. The van der Waals surface area contributed by atoms with Crippen molar-refractivity contribution in [2.45, 2.75) is 0 Å². The summed E-state index contributed by atoms with van der Waals surface area (Å²) in [6.45, 7) is 0. The molecule has 0 saturated carbocycles. The first kappa shape index (κ1) is 20.8. The van der Waals surface area contributed by atoms with Crippen molar-refractivity contribution in [3.05, 3.63) is 109 Å². The third-order valence-electron chi connectivity index (χ3n) is 5.03. The fourth-order valence-corrected chi connectivity index (χ4v) is 3.82. The van der Waals surface area contributed by atoms with Gasteiger partial charge in [-0.2, -0.15) is 4.68 Å². The number of halogens is 2. The molecule has 0 saturated heterocycles. The molecule has 162 valence electrons. The molecule has 2 heterocycles. The highest BCUT2D eigenvalue weighted by molar-refractivity contribution is 9.10. The van der Waals surface area contributed by atoms with E-state index in [0.717, 1.165) is 9.15 Å². The molecule has 5 rings (SSSR count). The number of benzene rings is 3. The molecule has 7 nitrogen and oxygen atoms in total. The molecule has 1 N–H and O–H groups in total. The van der Waals surface area contributed by atoms with Gasteiger partial charge in [0, 0.05) is 15.4 Å². The maximum atomic E-state index is 13.5. The van der Waals surface area contributed by atoms with E-state index in [1.165, 1.54) is 30.3 Å². The number of aromatic nitrogens is 2. The van der Waals surface area contributed by atoms with Crippen LogP contribution in [0.3, 0.4) is 0 Å². The van der Waals surface area contributed by atoms with Crippen LogP contribution in [0.15, 0.2) is 91.3 Å². The largest absolute Gasteiger partial charge is 0.422 e. The Labute approximate surface area is 193 Å². The zero-order valence-corrected chi connectivity index (χ0v) is 18.3. The smallest absolute Gasteiger partial charge is 0.349 e. The van der Waals surface area contributed by atoms with E-state index in [-0.39, 0.29) is 16.8 Å². The molecule has 33 heavy (non-hydrogen) atoms. The molecule has 5 aromatic rings. The van der Waals surface area contributed by atoms with Crippen LogP contribution in [0.2, 0.25) is 0 Å². The highest BCUT2D eigenvalue weighted by atomic mass is 79.9. The van der Waals surface area contributed by atoms with Gasteiger partial charge in [-0.15, -0.1) is 0 Å². The van der Waals surface area contributed by atoms with Crippen LogP contribution in [-0.2, 0) is 0 Å². The summed E-state index contributed by atoms with van der Waals surface area (Å²) in [6, 6.07) is 18.4. The lowest BCUT2D eigenvalue weighted by Gasteiger charge is -2.14. The van der Waals surface area contributed by atoms with Crippen LogP contribution in [-0.4, -0.2) is 15.6 Å². The standard InChI is InChI=1S/C24H13BrFN3O4/c25-15-7-10-20-14(11-15)12-18(24(32)33-20)22(30)28-29-21(13-5-8-16(26)9-6-13)27-19-4-2-1-3-17(19)23(29)31/h1-12H,(H,28,30). The Balaban J connectivity index is 1.67. The number of nitrogens with zero attached hydrogens (tertiary/aromatic N) is 2. The van der Waals surface area contributed by atoms with Gasteiger partial charge in [-0.25, -0.2) is 14.2 Å². The number of nitrogens with one attached hydrogen (secondary N) is 1. The molecular weight excluding hydrogens is 493 g/mol. The van der Waals surface area contributed by atoms with Crippen molar-refractivity contribution in [1.82, 2.24) is 9.66 Å². The maximum absolute atomic E-state index is 13.5. The second kappa shape index (κ2) is 8.10. The first-order valence-electron chi connectivity index (χ1n) is 9.73. The van der Waals surface area contributed by atoms with Crippen LogP contribution in [0, 0.1) is 5.82 Å². The quantitative estimate of drug-likeness (QED) is 0.365. The second-order valence-electron chi connectivity index (χ2n) is 7.17. The SMILES string of the molecule is O=C(Nn1c(-c2ccc(F)cc2)nc2ccccc2c1=O)c1cc2cc(Br)ccc2oc1=O. The molecule has 0 spiro atoms. The van der Waals surface area contributed by atoms with Crippen LogP contribution in [0.5, 0.6) is 0 Å². The van der Waals surface area contributed by atoms with Gasteiger partial charge in [-0.05, 0) is 60.7 Å². The molecule has 2 aromatic heterocycles. The van der Waals surface area contributed by atoms with Gasteiger partial charge in [0.2, 0.25) is 0 Å². The van der Waals surface area contributed by atoms with Crippen LogP contribution in [0.4, 0.5) is 4.39 Å². The average molecular weight is 506 g/mol. The summed E-state index contributed by atoms with van der Waals surface area (Å²) in [5, 5.41) is 0.787. The fourth-order valence-electron chi connectivity index (χ4n) is 3.44. The van der Waals surface area contributed by atoms with E-state index in [2.05, 4.69) is 26.3 Å². The first-order valence-corrected chi connectivity index (χ1v) is 10.5. The lowest BCUT2D eigenvalue weighted by atomic mass is 10.1. The zero-order valence-electron chi connectivity index (χ0n) is 16.7. The molecule has 3 aromatic carbocycles. The Morgan fingerprint density at radius 3 is 2.55 bits per heavy atom. The second-order valence-corrected chi connectivity index (χ2v) is 8.09. The van der Waals surface area contributed by atoms with E-state index in [0.29, 0.717) is 22.0 Å². The lowest BCUT2D eigenvalue weighted by molar-refractivity contribution is 0.100. The maximum Gasteiger partial charge on any atom is 0.349 e. The monoisotopic (exact) mass is 505 g/mol. The summed E-state index contributed by atoms with van der Waals surface area (Å²) in [5.41, 5.74) is 1.88. The predicted octanol–water partition coefficient (Wildman–Crippen LogP) is 4.46. The van der Waals surface area contributed by atoms with Gasteiger partial charge in [0.25, 0.3) is 11.5 Å².